The number of hydrogen-bond donors (Lipinski definition) is 0. The van der Waals surface area contributed by atoms with Gasteiger partial charge in [0.1, 0.15) is 5.75 Å². The molecule has 1 aromatic carbocycles. The highest BCUT2D eigenvalue weighted by Crippen LogP contribution is 2.27. The summed E-state index contributed by atoms with van der Waals surface area (Å²) in [6, 6.07) is 5.75. The summed E-state index contributed by atoms with van der Waals surface area (Å²) >= 11 is 1.53. The zero-order valence-corrected chi connectivity index (χ0v) is 15.6. The molecule has 24 heavy (non-hydrogen) atoms. The Morgan fingerprint density at radius 3 is 2.92 bits per heavy atom. The molecule has 0 bridgehead atoms. The summed E-state index contributed by atoms with van der Waals surface area (Å²) in [4.78, 5) is 17.2. The standard InChI is InChI=1S/C19H24N2O2S/c1-12(2)10-21-14(4)13(3)20-19(21)24-11-17(22)15-5-6-18-16(9-15)7-8-23-18/h5-6,9,12H,7-8,10-11H2,1-4H3. The first-order valence-corrected chi connectivity index (χ1v) is 9.39. The Hall–Kier alpha value is -1.75. The second kappa shape index (κ2) is 7.01. The zero-order valence-electron chi connectivity index (χ0n) is 14.8. The summed E-state index contributed by atoms with van der Waals surface area (Å²) < 4.78 is 7.73. The highest BCUT2D eigenvalue weighted by atomic mass is 32.2. The fourth-order valence-corrected chi connectivity index (χ4v) is 3.88. The van der Waals surface area contributed by atoms with Crippen LogP contribution in [-0.2, 0) is 13.0 Å². The lowest BCUT2D eigenvalue weighted by Gasteiger charge is -2.12. The minimum absolute atomic E-state index is 0.143. The van der Waals surface area contributed by atoms with Crippen LogP contribution in [0.25, 0.3) is 0 Å². The normalized spacial score (nSPS) is 13.2. The molecule has 0 fully saturated rings. The summed E-state index contributed by atoms with van der Waals surface area (Å²) in [5.74, 6) is 2.01. The molecule has 0 saturated carbocycles. The van der Waals surface area contributed by atoms with Crippen LogP contribution in [0, 0.1) is 19.8 Å². The molecule has 0 N–H and O–H groups in total. The molecule has 1 aromatic heterocycles. The summed E-state index contributed by atoms with van der Waals surface area (Å²) in [5, 5.41) is 0.941. The number of benzene rings is 1. The molecule has 128 valence electrons. The number of thioether (sulfide) groups is 1. The first kappa shape index (κ1) is 17.1. The lowest BCUT2D eigenvalue weighted by Crippen LogP contribution is -2.09. The molecule has 0 unspecified atom stereocenters. The van der Waals surface area contributed by atoms with E-state index in [0.29, 0.717) is 18.3 Å². The molecular weight excluding hydrogens is 320 g/mol. The molecule has 1 aliphatic heterocycles. The molecule has 0 saturated heterocycles. The summed E-state index contributed by atoms with van der Waals surface area (Å²) in [6.07, 6.45) is 0.890. The third-order valence-corrected chi connectivity index (χ3v) is 5.29. The quantitative estimate of drug-likeness (QED) is 0.585. The van der Waals surface area contributed by atoms with Gasteiger partial charge in [-0.25, -0.2) is 4.98 Å². The van der Waals surface area contributed by atoms with E-state index in [9.17, 15) is 4.79 Å². The van der Waals surface area contributed by atoms with Crippen molar-refractivity contribution in [1.29, 1.82) is 0 Å². The number of fused-ring (bicyclic) bond motifs is 1. The fraction of sp³-hybridized carbons (Fsp3) is 0.474. The molecule has 3 rings (SSSR count). The van der Waals surface area contributed by atoms with Crippen LogP contribution in [0.15, 0.2) is 23.4 Å². The molecule has 2 aromatic rings. The van der Waals surface area contributed by atoms with E-state index in [0.717, 1.165) is 40.7 Å². The number of ether oxygens (including phenoxy) is 1. The van der Waals surface area contributed by atoms with Gasteiger partial charge in [0.05, 0.1) is 18.1 Å². The number of carbonyl (C=O) groups is 1. The van der Waals surface area contributed by atoms with Gasteiger partial charge in [0.2, 0.25) is 0 Å². The number of aryl methyl sites for hydroxylation is 1. The smallest absolute Gasteiger partial charge is 0.173 e. The molecule has 0 spiro atoms. The molecule has 0 aliphatic carbocycles. The number of hydrogen-bond acceptors (Lipinski definition) is 4. The molecule has 0 atom stereocenters. The average Bonchev–Trinajstić information content (AvgIpc) is 3.11. The lowest BCUT2D eigenvalue weighted by atomic mass is 10.1. The number of rotatable bonds is 6. The van der Waals surface area contributed by atoms with Gasteiger partial charge in [-0.1, -0.05) is 25.6 Å². The number of Topliss-reactive ketones (excluding diaryl/α,β-unsaturated/α-hetero) is 1. The highest BCUT2D eigenvalue weighted by Gasteiger charge is 2.17. The predicted molar refractivity (Wildman–Crippen MR) is 97.2 cm³/mol. The molecule has 4 nitrogen and oxygen atoms in total. The van der Waals surface area contributed by atoms with Crippen molar-refractivity contribution in [1.82, 2.24) is 9.55 Å². The van der Waals surface area contributed by atoms with Crippen molar-refractivity contribution in [2.75, 3.05) is 12.4 Å². The van der Waals surface area contributed by atoms with Crippen LogP contribution in [-0.4, -0.2) is 27.7 Å². The van der Waals surface area contributed by atoms with E-state index in [4.69, 9.17) is 4.74 Å². The second-order valence-corrected chi connectivity index (χ2v) is 7.64. The number of imidazole rings is 1. The van der Waals surface area contributed by atoms with Crippen molar-refractivity contribution < 1.29 is 9.53 Å². The SMILES string of the molecule is Cc1nc(SCC(=O)c2ccc3c(c2)CCO3)n(CC(C)C)c1C. The van der Waals surface area contributed by atoms with Crippen LogP contribution in [0.2, 0.25) is 0 Å². The zero-order chi connectivity index (χ0) is 17.3. The summed E-state index contributed by atoms with van der Waals surface area (Å²) in [5.41, 5.74) is 4.13. The number of carbonyl (C=O) groups excluding carboxylic acids is 1. The van der Waals surface area contributed by atoms with Crippen LogP contribution in [0.3, 0.4) is 0 Å². The van der Waals surface area contributed by atoms with Crippen molar-refractivity contribution in [2.45, 2.75) is 45.8 Å². The van der Waals surface area contributed by atoms with E-state index in [2.05, 4.69) is 30.3 Å². The van der Waals surface area contributed by atoms with Crippen molar-refractivity contribution >= 4 is 17.5 Å². The largest absolute Gasteiger partial charge is 0.493 e. The Morgan fingerprint density at radius 2 is 2.17 bits per heavy atom. The Kier molecular flexibility index (Phi) is 4.99. The van der Waals surface area contributed by atoms with Gasteiger partial charge < -0.3 is 9.30 Å². The molecule has 0 radical (unpaired) electrons. The summed E-state index contributed by atoms with van der Waals surface area (Å²) in [7, 11) is 0. The van der Waals surface area contributed by atoms with Gasteiger partial charge in [0.25, 0.3) is 0 Å². The van der Waals surface area contributed by atoms with Crippen molar-refractivity contribution in [3.8, 4) is 5.75 Å². The Morgan fingerprint density at radius 1 is 1.38 bits per heavy atom. The fourth-order valence-electron chi connectivity index (χ4n) is 2.89. The first-order valence-electron chi connectivity index (χ1n) is 8.41. The maximum atomic E-state index is 12.5. The van der Waals surface area contributed by atoms with E-state index in [1.54, 1.807) is 0 Å². The van der Waals surface area contributed by atoms with Gasteiger partial charge in [0.15, 0.2) is 10.9 Å². The summed E-state index contributed by atoms with van der Waals surface area (Å²) in [6.45, 7) is 10.2. The van der Waals surface area contributed by atoms with Crippen molar-refractivity contribution in [2.24, 2.45) is 5.92 Å². The monoisotopic (exact) mass is 344 g/mol. The minimum Gasteiger partial charge on any atom is -0.493 e. The Bertz CT molecular complexity index is 765. The topological polar surface area (TPSA) is 44.1 Å². The Labute approximate surface area is 147 Å². The van der Waals surface area contributed by atoms with Gasteiger partial charge >= 0.3 is 0 Å². The van der Waals surface area contributed by atoms with Crippen molar-refractivity contribution in [3.63, 3.8) is 0 Å². The molecule has 1 aliphatic rings. The molecule has 0 amide bonds. The molecule has 5 heteroatoms. The van der Waals surface area contributed by atoms with Gasteiger partial charge in [-0.05, 0) is 43.5 Å². The van der Waals surface area contributed by atoms with Gasteiger partial charge in [-0.15, -0.1) is 0 Å². The lowest BCUT2D eigenvalue weighted by molar-refractivity contribution is 0.102. The predicted octanol–water partition coefficient (Wildman–Crippen LogP) is 4.07. The molecule has 2 heterocycles. The Balaban J connectivity index is 1.71. The third kappa shape index (κ3) is 3.51. The maximum absolute atomic E-state index is 12.5. The van der Waals surface area contributed by atoms with E-state index in [-0.39, 0.29) is 5.78 Å². The van der Waals surface area contributed by atoms with Crippen LogP contribution in [0.4, 0.5) is 0 Å². The maximum Gasteiger partial charge on any atom is 0.173 e. The number of aromatic nitrogens is 2. The van der Waals surface area contributed by atoms with E-state index >= 15 is 0 Å². The van der Waals surface area contributed by atoms with E-state index in [1.165, 1.54) is 17.5 Å². The van der Waals surface area contributed by atoms with Gasteiger partial charge in [0, 0.05) is 24.2 Å². The number of ketones is 1. The van der Waals surface area contributed by atoms with Crippen LogP contribution < -0.4 is 4.74 Å². The minimum atomic E-state index is 0.143. The van der Waals surface area contributed by atoms with E-state index < -0.39 is 0 Å². The van der Waals surface area contributed by atoms with Crippen LogP contribution in [0.1, 0.15) is 41.2 Å². The number of nitrogens with zero attached hydrogens (tertiary/aromatic N) is 2. The van der Waals surface area contributed by atoms with Gasteiger partial charge in [-0.3, -0.25) is 4.79 Å². The third-order valence-electron chi connectivity index (χ3n) is 4.31. The second-order valence-electron chi connectivity index (χ2n) is 6.70. The van der Waals surface area contributed by atoms with Gasteiger partial charge in [-0.2, -0.15) is 0 Å². The molecular formula is C19H24N2O2S. The first-order chi connectivity index (χ1) is 11.5. The van der Waals surface area contributed by atoms with Crippen molar-refractivity contribution in [3.05, 3.63) is 40.7 Å². The van der Waals surface area contributed by atoms with E-state index in [1.807, 2.05) is 25.1 Å². The van der Waals surface area contributed by atoms with Crippen LogP contribution >= 0.6 is 11.8 Å². The van der Waals surface area contributed by atoms with Crippen LogP contribution in [0.5, 0.6) is 5.75 Å². The average molecular weight is 344 g/mol. The highest BCUT2D eigenvalue weighted by molar-refractivity contribution is 7.99.